The van der Waals surface area contributed by atoms with Crippen molar-refractivity contribution in [2.24, 2.45) is 0 Å². The number of aliphatic carboxylic acids is 1. The highest BCUT2D eigenvalue weighted by molar-refractivity contribution is 5.88. The lowest BCUT2D eigenvalue weighted by atomic mass is 9.97. The van der Waals surface area contributed by atoms with E-state index in [1.54, 1.807) is 36.4 Å². The van der Waals surface area contributed by atoms with E-state index in [4.69, 9.17) is 4.74 Å². The quantitative estimate of drug-likeness (QED) is 0.855. The number of benzene rings is 2. The van der Waals surface area contributed by atoms with E-state index in [1.165, 1.54) is 7.11 Å². The molecule has 0 bridgehead atoms. The van der Waals surface area contributed by atoms with Crippen LogP contribution in [-0.4, -0.2) is 24.1 Å². The summed E-state index contributed by atoms with van der Waals surface area (Å²) in [5, 5.41) is 12.1. The number of hydrogen-bond acceptors (Lipinski definition) is 3. The number of carboxylic acid groups (broad SMARTS) is 1. The molecule has 24 heavy (non-hydrogen) atoms. The Morgan fingerprint density at radius 2 is 1.71 bits per heavy atom. The molecule has 0 fully saturated rings. The zero-order chi connectivity index (χ0) is 17.7. The largest absolute Gasteiger partial charge is 0.479 e. The fraction of sp³-hybridized carbons (Fsp3) is 0.263. The molecule has 2 aromatic carbocycles. The summed E-state index contributed by atoms with van der Waals surface area (Å²) < 4.78 is 5.26. The molecule has 2 unspecified atom stereocenters. The van der Waals surface area contributed by atoms with Crippen molar-refractivity contribution in [1.29, 1.82) is 0 Å². The smallest absolute Gasteiger partial charge is 0.330 e. The number of ether oxygens (including phenoxy) is 1. The fourth-order valence-electron chi connectivity index (χ4n) is 2.60. The molecule has 5 nitrogen and oxygen atoms in total. The van der Waals surface area contributed by atoms with Crippen LogP contribution < -0.4 is 5.32 Å². The van der Waals surface area contributed by atoms with Crippen LogP contribution in [0.4, 0.5) is 0 Å². The SMILES string of the molecule is COC(C(=O)NC(C(=O)O)c1cccc(C)c1C)c1ccccc1. The first-order valence-corrected chi connectivity index (χ1v) is 7.62. The molecule has 0 aliphatic carbocycles. The molecule has 2 aromatic rings. The van der Waals surface area contributed by atoms with Gasteiger partial charge in [0.15, 0.2) is 12.1 Å². The van der Waals surface area contributed by atoms with Crippen LogP contribution in [0.1, 0.15) is 34.4 Å². The number of amides is 1. The van der Waals surface area contributed by atoms with Crippen LogP contribution in [-0.2, 0) is 14.3 Å². The molecule has 0 aliphatic rings. The van der Waals surface area contributed by atoms with Gasteiger partial charge in [-0.2, -0.15) is 0 Å². The van der Waals surface area contributed by atoms with E-state index in [0.717, 1.165) is 11.1 Å². The predicted molar refractivity (Wildman–Crippen MR) is 90.6 cm³/mol. The number of hydrogen-bond donors (Lipinski definition) is 2. The van der Waals surface area contributed by atoms with Gasteiger partial charge in [-0.05, 0) is 36.1 Å². The first kappa shape index (κ1) is 17.7. The number of carbonyl (C=O) groups excluding carboxylic acids is 1. The molecule has 2 atom stereocenters. The summed E-state index contributed by atoms with van der Waals surface area (Å²) in [5.74, 6) is -1.60. The molecule has 0 saturated carbocycles. The number of carboxylic acids is 1. The van der Waals surface area contributed by atoms with Gasteiger partial charge in [-0.15, -0.1) is 0 Å². The Hall–Kier alpha value is -2.66. The minimum absolute atomic E-state index is 0.489. The van der Waals surface area contributed by atoms with Crippen LogP contribution in [0, 0.1) is 13.8 Å². The lowest BCUT2D eigenvalue weighted by molar-refractivity contribution is -0.144. The number of rotatable bonds is 6. The maximum absolute atomic E-state index is 12.6. The van der Waals surface area contributed by atoms with Crippen LogP contribution >= 0.6 is 0 Å². The summed E-state index contributed by atoms with van der Waals surface area (Å²) in [4.78, 5) is 24.3. The molecule has 2 rings (SSSR count). The first-order chi connectivity index (χ1) is 11.5. The Labute approximate surface area is 141 Å². The molecule has 1 amide bonds. The molecular weight excluding hydrogens is 306 g/mol. The second kappa shape index (κ2) is 7.75. The van der Waals surface area contributed by atoms with Crippen LogP contribution in [0.25, 0.3) is 0 Å². The Bertz CT molecular complexity index is 727. The average molecular weight is 327 g/mol. The van der Waals surface area contributed by atoms with Crippen molar-refractivity contribution in [1.82, 2.24) is 5.32 Å². The van der Waals surface area contributed by atoms with E-state index >= 15 is 0 Å². The van der Waals surface area contributed by atoms with Crippen molar-refractivity contribution in [2.45, 2.75) is 26.0 Å². The van der Waals surface area contributed by atoms with Gasteiger partial charge in [-0.1, -0.05) is 48.5 Å². The molecule has 0 saturated heterocycles. The van der Waals surface area contributed by atoms with Crippen LogP contribution in [0.3, 0.4) is 0 Å². The summed E-state index contributed by atoms with van der Waals surface area (Å²) in [6, 6.07) is 13.2. The van der Waals surface area contributed by atoms with E-state index in [9.17, 15) is 14.7 Å². The molecular formula is C19H21NO4. The topological polar surface area (TPSA) is 75.6 Å². The zero-order valence-electron chi connectivity index (χ0n) is 13.9. The van der Waals surface area contributed by atoms with E-state index in [0.29, 0.717) is 11.1 Å². The third kappa shape index (κ3) is 3.81. The van der Waals surface area contributed by atoms with E-state index in [-0.39, 0.29) is 0 Å². The Kier molecular flexibility index (Phi) is 5.71. The molecule has 126 valence electrons. The molecule has 0 aromatic heterocycles. The minimum Gasteiger partial charge on any atom is -0.479 e. The Balaban J connectivity index is 2.29. The summed E-state index contributed by atoms with van der Waals surface area (Å²) in [6.45, 7) is 3.75. The van der Waals surface area contributed by atoms with Gasteiger partial charge in [0.25, 0.3) is 5.91 Å². The monoisotopic (exact) mass is 327 g/mol. The number of nitrogens with one attached hydrogen (secondary N) is 1. The highest BCUT2D eigenvalue weighted by Gasteiger charge is 2.28. The fourth-order valence-corrected chi connectivity index (χ4v) is 2.60. The van der Waals surface area contributed by atoms with Gasteiger partial charge in [0.2, 0.25) is 0 Å². The molecule has 0 aliphatic heterocycles. The number of carbonyl (C=O) groups is 2. The third-order valence-electron chi connectivity index (χ3n) is 4.07. The summed E-state index contributed by atoms with van der Waals surface area (Å²) in [5.41, 5.74) is 3.06. The second-order valence-electron chi connectivity index (χ2n) is 5.60. The third-order valence-corrected chi connectivity index (χ3v) is 4.07. The molecule has 0 heterocycles. The van der Waals surface area contributed by atoms with Gasteiger partial charge < -0.3 is 15.2 Å². The number of methoxy groups -OCH3 is 1. The van der Waals surface area contributed by atoms with Gasteiger partial charge in [-0.25, -0.2) is 4.79 Å². The lowest BCUT2D eigenvalue weighted by Gasteiger charge is -2.21. The molecule has 0 radical (unpaired) electrons. The molecule has 0 spiro atoms. The van der Waals surface area contributed by atoms with Crippen molar-refractivity contribution in [3.8, 4) is 0 Å². The van der Waals surface area contributed by atoms with Gasteiger partial charge in [0.1, 0.15) is 0 Å². The standard InChI is InChI=1S/C19H21NO4/c1-12-8-7-11-15(13(12)2)16(19(22)23)20-18(21)17(24-3)14-9-5-4-6-10-14/h4-11,16-17H,1-3H3,(H,20,21)(H,22,23). The molecule has 2 N–H and O–H groups in total. The maximum Gasteiger partial charge on any atom is 0.330 e. The van der Waals surface area contributed by atoms with Gasteiger partial charge in [-0.3, -0.25) is 4.79 Å². The van der Waals surface area contributed by atoms with E-state index in [1.807, 2.05) is 26.0 Å². The van der Waals surface area contributed by atoms with Crippen LogP contribution in [0.15, 0.2) is 48.5 Å². The van der Waals surface area contributed by atoms with Crippen molar-refractivity contribution in [3.63, 3.8) is 0 Å². The van der Waals surface area contributed by atoms with Crippen LogP contribution in [0.2, 0.25) is 0 Å². The Morgan fingerprint density at radius 1 is 1.04 bits per heavy atom. The van der Waals surface area contributed by atoms with Crippen LogP contribution in [0.5, 0.6) is 0 Å². The summed E-state index contributed by atoms with van der Waals surface area (Å²) in [6.07, 6.45) is -0.863. The number of aryl methyl sites for hydroxylation is 1. The normalized spacial score (nSPS) is 13.1. The van der Waals surface area contributed by atoms with Crippen molar-refractivity contribution < 1.29 is 19.4 Å². The predicted octanol–water partition coefficient (Wildman–Crippen LogP) is 2.93. The van der Waals surface area contributed by atoms with Gasteiger partial charge >= 0.3 is 5.97 Å². The first-order valence-electron chi connectivity index (χ1n) is 7.62. The van der Waals surface area contributed by atoms with E-state index in [2.05, 4.69) is 5.32 Å². The highest BCUT2D eigenvalue weighted by Crippen LogP contribution is 2.23. The lowest BCUT2D eigenvalue weighted by Crippen LogP contribution is -2.38. The summed E-state index contributed by atoms with van der Waals surface area (Å²) in [7, 11) is 1.42. The van der Waals surface area contributed by atoms with Crippen molar-refractivity contribution in [3.05, 3.63) is 70.8 Å². The zero-order valence-corrected chi connectivity index (χ0v) is 13.9. The minimum atomic E-state index is -1.13. The maximum atomic E-state index is 12.6. The second-order valence-corrected chi connectivity index (χ2v) is 5.60. The molecule has 5 heteroatoms. The summed E-state index contributed by atoms with van der Waals surface area (Å²) >= 11 is 0. The van der Waals surface area contributed by atoms with Crippen molar-refractivity contribution >= 4 is 11.9 Å². The van der Waals surface area contributed by atoms with E-state index < -0.39 is 24.0 Å². The van der Waals surface area contributed by atoms with Gasteiger partial charge in [0, 0.05) is 7.11 Å². The van der Waals surface area contributed by atoms with Gasteiger partial charge in [0.05, 0.1) is 0 Å². The highest BCUT2D eigenvalue weighted by atomic mass is 16.5. The average Bonchev–Trinajstić information content (AvgIpc) is 2.57. The van der Waals surface area contributed by atoms with Crippen molar-refractivity contribution in [2.75, 3.05) is 7.11 Å². The Morgan fingerprint density at radius 3 is 2.29 bits per heavy atom.